The van der Waals surface area contributed by atoms with E-state index in [0.717, 1.165) is 64.2 Å². The zero-order valence-corrected chi connectivity index (χ0v) is 25.0. The summed E-state index contributed by atoms with van der Waals surface area (Å²) in [6.45, 7) is 0. The van der Waals surface area contributed by atoms with Gasteiger partial charge in [0.1, 0.15) is 11.5 Å². The molecule has 0 saturated heterocycles. The summed E-state index contributed by atoms with van der Waals surface area (Å²) in [4.78, 5) is 14.2. The second-order valence-corrected chi connectivity index (χ2v) is 11.0. The highest BCUT2D eigenvalue weighted by molar-refractivity contribution is 9.11. The van der Waals surface area contributed by atoms with Gasteiger partial charge < -0.3 is 9.47 Å². The normalized spacial score (nSPS) is 11.1. The molecule has 0 spiro atoms. The third kappa shape index (κ3) is 4.59. The molecule has 6 rings (SSSR count). The van der Waals surface area contributed by atoms with E-state index in [4.69, 9.17) is 9.47 Å². The Labute approximate surface area is 249 Å². The van der Waals surface area contributed by atoms with E-state index in [2.05, 4.69) is 68.3 Å². The van der Waals surface area contributed by atoms with Crippen LogP contribution in [-0.4, -0.2) is 20.0 Å². The van der Waals surface area contributed by atoms with Crippen molar-refractivity contribution in [3.05, 3.63) is 129 Å². The topological polar surface area (TPSA) is 35.5 Å². The Kier molecular flexibility index (Phi) is 7.18. The Morgan fingerprint density at radius 1 is 0.550 bits per heavy atom. The summed E-state index contributed by atoms with van der Waals surface area (Å²) in [5.74, 6) is 1.55. The molecule has 0 unspecified atom stereocenters. The van der Waals surface area contributed by atoms with Gasteiger partial charge in [-0.25, -0.2) is 0 Å². The van der Waals surface area contributed by atoms with Crippen LogP contribution in [0.4, 0.5) is 0 Å². The van der Waals surface area contributed by atoms with Crippen LogP contribution < -0.4 is 9.47 Å². The maximum absolute atomic E-state index is 14.2. The summed E-state index contributed by atoms with van der Waals surface area (Å²) in [5, 5.41) is 4.23. The van der Waals surface area contributed by atoms with Gasteiger partial charge in [-0.1, -0.05) is 84.9 Å². The van der Waals surface area contributed by atoms with Crippen LogP contribution in [-0.2, 0) is 0 Å². The molecule has 0 radical (unpaired) electrons. The van der Waals surface area contributed by atoms with Gasteiger partial charge >= 0.3 is 0 Å². The zero-order valence-electron chi connectivity index (χ0n) is 21.9. The Bertz CT molecular complexity index is 1790. The van der Waals surface area contributed by atoms with Crippen LogP contribution in [0.25, 0.3) is 43.8 Å². The first kappa shape index (κ1) is 26.3. The highest BCUT2D eigenvalue weighted by Gasteiger charge is 2.19. The number of ketones is 1. The Morgan fingerprint density at radius 2 is 0.975 bits per heavy atom. The first-order valence-electron chi connectivity index (χ1n) is 12.8. The molecule has 40 heavy (non-hydrogen) atoms. The smallest absolute Gasteiger partial charge is 0.194 e. The molecule has 0 aliphatic rings. The summed E-state index contributed by atoms with van der Waals surface area (Å²) in [6, 6.07) is 36.1. The van der Waals surface area contributed by atoms with Crippen LogP contribution in [0, 0.1) is 0 Å². The Hall–Kier alpha value is -3.93. The molecule has 0 N–H and O–H groups in total. The Balaban J connectivity index is 1.44. The molecule has 0 atom stereocenters. The summed E-state index contributed by atoms with van der Waals surface area (Å²) in [5.41, 5.74) is 5.08. The first-order chi connectivity index (χ1) is 19.5. The second kappa shape index (κ2) is 10.9. The summed E-state index contributed by atoms with van der Waals surface area (Å²) in [7, 11) is 3.32. The van der Waals surface area contributed by atoms with Gasteiger partial charge in [-0.3, -0.25) is 4.79 Å². The average Bonchev–Trinajstić information content (AvgIpc) is 3.01. The van der Waals surface area contributed by atoms with Crippen LogP contribution in [0.15, 0.2) is 118 Å². The van der Waals surface area contributed by atoms with E-state index in [0.29, 0.717) is 11.1 Å². The molecule has 3 nitrogen and oxygen atoms in total. The lowest BCUT2D eigenvalue weighted by Gasteiger charge is -2.14. The van der Waals surface area contributed by atoms with Crippen molar-refractivity contribution < 1.29 is 14.3 Å². The van der Waals surface area contributed by atoms with Crippen molar-refractivity contribution in [3.63, 3.8) is 0 Å². The van der Waals surface area contributed by atoms with Crippen molar-refractivity contribution in [2.45, 2.75) is 0 Å². The van der Waals surface area contributed by atoms with Crippen molar-refractivity contribution in [2.24, 2.45) is 0 Å². The third-order valence-electron chi connectivity index (χ3n) is 7.24. The van der Waals surface area contributed by atoms with Gasteiger partial charge in [0.2, 0.25) is 0 Å². The molecule has 196 valence electrons. The lowest BCUT2D eigenvalue weighted by atomic mass is 9.89. The van der Waals surface area contributed by atoms with E-state index in [1.165, 1.54) is 0 Å². The fourth-order valence-electron chi connectivity index (χ4n) is 5.20. The highest BCUT2D eigenvalue weighted by Crippen LogP contribution is 2.38. The van der Waals surface area contributed by atoms with E-state index in [-0.39, 0.29) is 5.78 Å². The van der Waals surface area contributed by atoms with Crippen molar-refractivity contribution >= 4 is 59.2 Å². The van der Waals surface area contributed by atoms with Crippen molar-refractivity contribution in [1.29, 1.82) is 0 Å². The monoisotopic (exact) mass is 650 g/mol. The zero-order chi connectivity index (χ0) is 27.8. The largest absolute Gasteiger partial charge is 0.496 e. The molecule has 0 amide bonds. The van der Waals surface area contributed by atoms with Gasteiger partial charge in [0.05, 0.1) is 23.2 Å². The number of carbonyl (C=O) groups excluding carboxylic acids is 1. The van der Waals surface area contributed by atoms with Crippen LogP contribution in [0.3, 0.4) is 0 Å². The van der Waals surface area contributed by atoms with Gasteiger partial charge in [0.25, 0.3) is 0 Å². The lowest BCUT2D eigenvalue weighted by molar-refractivity contribution is 0.104. The van der Waals surface area contributed by atoms with Crippen molar-refractivity contribution in [3.8, 4) is 33.8 Å². The van der Waals surface area contributed by atoms with Gasteiger partial charge in [-0.2, -0.15) is 0 Å². The minimum atomic E-state index is -0.0155. The van der Waals surface area contributed by atoms with E-state index in [1.807, 2.05) is 72.8 Å². The van der Waals surface area contributed by atoms with Crippen molar-refractivity contribution in [1.82, 2.24) is 0 Å². The molecule has 0 aliphatic heterocycles. The average molecular weight is 652 g/mol. The maximum Gasteiger partial charge on any atom is 0.194 e. The first-order valence-corrected chi connectivity index (χ1v) is 14.3. The fourth-order valence-corrected chi connectivity index (χ4v) is 6.52. The van der Waals surface area contributed by atoms with Crippen molar-refractivity contribution in [2.75, 3.05) is 14.2 Å². The molecule has 0 aromatic heterocycles. The predicted molar refractivity (Wildman–Crippen MR) is 171 cm³/mol. The van der Waals surface area contributed by atoms with Gasteiger partial charge in [-0.05, 0) is 99.9 Å². The minimum absolute atomic E-state index is 0.0155. The number of ether oxygens (including phenoxy) is 2. The predicted octanol–water partition coefficient (Wildman–Crippen LogP) is 10.1. The molecule has 0 bridgehead atoms. The fraction of sp³-hybridized carbons (Fsp3) is 0.0571. The molecular formula is C35H24Br2O3. The lowest BCUT2D eigenvalue weighted by Crippen LogP contribution is -2.05. The van der Waals surface area contributed by atoms with Crippen LogP contribution in [0.1, 0.15) is 15.9 Å². The molecular weight excluding hydrogens is 628 g/mol. The number of fused-ring (bicyclic) bond motifs is 2. The van der Waals surface area contributed by atoms with Gasteiger partial charge in [0, 0.05) is 11.1 Å². The second-order valence-electron chi connectivity index (χ2n) is 9.46. The number of hydrogen-bond donors (Lipinski definition) is 0. The van der Waals surface area contributed by atoms with Crippen LogP contribution >= 0.6 is 31.9 Å². The maximum atomic E-state index is 14.2. The van der Waals surface area contributed by atoms with E-state index < -0.39 is 0 Å². The summed E-state index contributed by atoms with van der Waals surface area (Å²) in [6.07, 6.45) is 0. The van der Waals surface area contributed by atoms with Crippen LogP contribution in [0.5, 0.6) is 11.5 Å². The number of benzene rings is 6. The van der Waals surface area contributed by atoms with Gasteiger partial charge in [0.15, 0.2) is 5.78 Å². The molecule has 0 saturated carbocycles. The van der Waals surface area contributed by atoms with Crippen LogP contribution in [0.2, 0.25) is 0 Å². The molecule has 0 fully saturated rings. The number of methoxy groups -OCH3 is 2. The Morgan fingerprint density at radius 3 is 1.40 bits per heavy atom. The molecule has 5 heteroatoms. The third-order valence-corrected chi connectivity index (χ3v) is 8.88. The number of rotatable bonds is 6. The number of halogens is 2. The molecule has 6 aromatic carbocycles. The summed E-state index contributed by atoms with van der Waals surface area (Å²) >= 11 is 7.32. The molecule has 0 heterocycles. The van der Waals surface area contributed by atoms with E-state index >= 15 is 0 Å². The highest BCUT2D eigenvalue weighted by atomic mass is 79.9. The van der Waals surface area contributed by atoms with Gasteiger partial charge in [-0.15, -0.1) is 0 Å². The molecule has 0 aliphatic carbocycles. The quantitative estimate of drug-likeness (QED) is 0.168. The SMILES string of the molecule is COc1ccc2cc(-c3ccccc3C(=O)c3ccccc3-c3ccc4c(Br)c(OC)ccc4c3)ccc2c1Br. The number of hydrogen-bond acceptors (Lipinski definition) is 3. The molecule has 6 aromatic rings. The van der Waals surface area contributed by atoms with E-state index in [9.17, 15) is 4.79 Å². The van der Waals surface area contributed by atoms with E-state index in [1.54, 1.807) is 14.2 Å². The number of carbonyl (C=O) groups is 1. The minimum Gasteiger partial charge on any atom is -0.496 e. The summed E-state index contributed by atoms with van der Waals surface area (Å²) < 4.78 is 12.7. The standard InChI is InChI=1S/C35H24Br2O3/c1-39-31-17-13-23-19-21(11-15-27(23)33(31)36)25-7-3-5-9-29(25)35(38)30-10-6-4-8-26(30)22-12-16-28-24(20-22)14-18-32(40-2)34(28)37/h3-20H,1-2H3.